The Morgan fingerprint density at radius 2 is 1.90 bits per heavy atom. The number of ether oxygens (including phenoxy) is 3. The summed E-state index contributed by atoms with van der Waals surface area (Å²) in [4.78, 5) is 14.4. The normalized spacial score (nSPS) is 16.2. The number of nitrogens with zero attached hydrogens (tertiary/aromatic N) is 1. The van der Waals surface area contributed by atoms with Gasteiger partial charge in [0, 0.05) is 12.7 Å². The first-order valence-electron chi connectivity index (χ1n) is 9.73. The van der Waals surface area contributed by atoms with Crippen molar-refractivity contribution in [2.75, 3.05) is 20.8 Å². The van der Waals surface area contributed by atoms with Crippen molar-refractivity contribution in [1.29, 1.82) is 0 Å². The van der Waals surface area contributed by atoms with E-state index in [2.05, 4.69) is 5.32 Å². The van der Waals surface area contributed by atoms with Gasteiger partial charge in [0.05, 0.1) is 25.3 Å². The Morgan fingerprint density at radius 1 is 1.17 bits per heavy atom. The van der Waals surface area contributed by atoms with Crippen LogP contribution in [0.3, 0.4) is 0 Å². The number of methoxy groups -OCH3 is 1. The number of allylic oxidation sites excluding steroid dienone is 1. The molecule has 7 heteroatoms. The molecule has 0 saturated carbocycles. The molecule has 0 radical (unpaired) electrons. The molecule has 2 aromatic rings. The van der Waals surface area contributed by atoms with Gasteiger partial charge in [0.15, 0.2) is 16.6 Å². The summed E-state index contributed by atoms with van der Waals surface area (Å²) >= 11 is 5.44. The zero-order chi connectivity index (χ0) is 21.7. The quantitative estimate of drug-likeness (QED) is 0.531. The van der Waals surface area contributed by atoms with Crippen molar-refractivity contribution < 1.29 is 19.0 Å². The molecule has 0 fully saturated rings. The molecule has 2 aromatic carbocycles. The van der Waals surface area contributed by atoms with Crippen LogP contribution in [0.25, 0.3) is 0 Å². The van der Waals surface area contributed by atoms with Gasteiger partial charge >= 0.3 is 5.97 Å². The molecule has 1 aliphatic rings. The van der Waals surface area contributed by atoms with Crippen molar-refractivity contribution in [1.82, 2.24) is 10.2 Å². The highest BCUT2D eigenvalue weighted by Gasteiger charge is 2.33. The number of hydrogen-bond donors (Lipinski definition) is 1. The minimum absolute atomic E-state index is 0.298. The molecular formula is C23H26N2O4S. The van der Waals surface area contributed by atoms with Gasteiger partial charge < -0.3 is 24.4 Å². The van der Waals surface area contributed by atoms with E-state index in [4.69, 9.17) is 26.4 Å². The summed E-state index contributed by atoms with van der Waals surface area (Å²) in [5.41, 5.74) is 3.17. The van der Waals surface area contributed by atoms with Crippen LogP contribution in [0.2, 0.25) is 0 Å². The molecule has 3 rings (SSSR count). The minimum Gasteiger partial charge on any atom is -0.493 e. The second-order valence-corrected chi connectivity index (χ2v) is 7.23. The molecule has 0 amide bonds. The van der Waals surface area contributed by atoms with Crippen LogP contribution in [-0.2, 0) is 16.1 Å². The maximum atomic E-state index is 12.7. The summed E-state index contributed by atoms with van der Waals surface area (Å²) in [5.74, 6) is 0.833. The summed E-state index contributed by atoms with van der Waals surface area (Å²) in [5, 5.41) is 3.77. The van der Waals surface area contributed by atoms with Gasteiger partial charge in [-0.1, -0.05) is 36.4 Å². The fourth-order valence-corrected chi connectivity index (χ4v) is 3.53. The van der Waals surface area contributed by atoms with E-state index in [1.165, 1.54) is 0 Å². The van der Waals surface area contributed by atoms with Crippen LogP contribution in [0.15, 0.2) is 59.8 Å². The van der Waals surface area contributed by atoms with Crippen LogP contribution in [0.1, 0.15) is 31.0 Å². The number of benzene rings is 2. The molecule has 1 heterocycles. The average molecular weight is 427 g/mol. The fraction of sp³-hybridized carbons (Fsp3) is 0.304. The van der Waals surface area contributed by atoms with Gasteiger partial charge in [0.1, 0.15) is 6.61 Å². The molecule has 0 bridgehead atoms. The van der Waals surface area contributed by atoms with Gasteiger partial charge in [0.25, 0.3) is 0 Å². The molecule has 0 spiro atoms. The Kier molecular flexibility index (Phi) is 6.95. The van der Waals surface area contributed by atoms with Crippen molar-refractivity contribution in [2.45, 2.75) is 26.5 Å². The molecule has 158 valence electrons. The van der Waals surface area contributed by atoms with Gasteiger partial charge in [-0.3, -0.25) is 0 Å². The predicted octanol–water partition coefficient (Wildman–Crippen LogP) is 3.97. The van der Waals surface area contributed by atoms with E-state index in [-0.39, 0.29) is 5.97 Å². The van der Waals surface area contributed by atoms with E-state index in [1.54, 1.807) is 18.9 Å². The van der Waals surface area contributed by atoms with E-state index < -0.39 is 6.04 Å². The molecule has 0 saturated heterocycles. The maximum absolute atomic E-state index is 12.7. The number of thiocarbonyl (C=S) groups is 1. The minimum atomic E-state index is -0.440. The van der Waals surface area contributed by atoms with Crippen LogP contribution in [-0.4, -0.2) is 36.7 Å². The van der Waals surface area contributed by atoms with Gasteiger partial charge in [-0.15, -0.1) is 0 Å². The van der Waals surface area contributed by atoms with E-state index in [0.717, 1.165) is 16.8 Å². The molecule has 1 aliphatic heterocycles. The monoisotopic (exact) mass is 426 g/mol. The Morgan fingerprint density at radius 3 is 2.57 bits per heavy atom. The van der Waals surface area contributed by atoms with Gasteiger partial charge in [0.2, 0.25) is 0 Å². The third kappa shape index (κ3) is 4.57. The average Bonchev–Trinajstić information content (AvgIpc) is 2.76. The molecule has 1 N–H and O–H groups in total. The lowest BCUT2D eigenvalue weighted by Gasteiger charge is -2.35. The molecule has 30 heavy (non-hydrogen) atoms. The standard InChI is InChI=1S/C23H26N2O4S/c1-5-28-22(26)20-15(2)25(3)23(30)24-21(20)17-11-12-18(19(13-17)27-4)29-14-16-9-7-6-8-10-16/h6-13,21H,5,14H2,1-4H3,(H,24,30)/t21-/m0/s1. The highest BCUT2D eigenvalue weighted by Crippen LogP contribution is 2.36. The summed E-state index contributed by atoms with van der Waals surface area (Å²) in [6, 6.07) is 15.1. The second kappa shape index (κ2) is 9.63. The Balaban J connectivity index is 1.91. The molecule has 0 unspecified atom stereocenters. The lowest BCUT2D eigenvalue weighted by molar-refractivity contribution is -0.139. The van der Waals surface area contributed by atoms with Crippen molar-refractivity contribution in [3.63, 3.8) is 0 Å². The van der Waals surface area contributed by atoms with Crippen molar-refractivity contribution in [3.8, 4) is 11.5 Å². The summed E-state index contributed by atoms with van der Waals surface area (Å²) in [6.45, 7) is 4.38. The molecular weight excluding hydrogens is 400 g/mol. The molecule has 0 aromatic heterocycles. The lowest BCUT2D eigenvalue weighted by atomic mass is 9.95. The molecule has 1 atom stereocenters. The van der Waals surface area contributed by atoms with Crippen LogP contribution in [0, 0.1) is 0 Å². The van der Waals surface area contributed by atoms with Crippen LogP contribution >= 0.6 is 12.2 Å². The SMILES string of the molecule is CCOC(=O)C1=C(C)N(C)C(=S)N[C@H]1c1ccc(OCc2ccccc2)c(OC)c1. The van der Waals surface area contributed by atoms with Crippen molar-refractivity contribution >= 4 is 23.3 Å². The van der Waals surface area contributed by atoms with Crippen LogP contribution in [0.5, 0.6) is 11.5 Å². The highest BCUT2D eigenvalue weighted by atomic mass is 32.1. The topological polar surface area (TPSA) is 60.0 Å². The molecule has 6 nitrogen and oxygen atoms in total. The fourth-order valence-electron chi connectivity index (χ4n) is 3.28. The summed E-state index contributed by atoms with van der Waals surface area (Å²) < 4.78 is 16.8. The number of esters is 1. The first kappa shape index (κ1) is 21.6. The second-order valence-electron chi connectivity index (χ2n) is 6.85. The zero-order valence-corrected chi connectivity index (χ0v) is 18.4. The first-order chi connectivity index (χ1) is 14.5. The van der Waals surface area contributed by atoms with Gasteiger partial charge in [-0.05, 0) is 49.3 Å². The predicted molar refractivity (Wildman–Crippen MR) is 119 cm³/mol. The number of carbonyl (C=O) groups excluding carboxylic acids is 1. The number of carbonyl (C=O) groups is 1. The van der Waals surface area contributed by atoms with Crippen LogP contribution < -0.4 is 14.8 Å². The maximum Gasteiger partial charge on any atom is 0.338 e. The summed E-state index contributed by atoms with van der Waals surface area (Å²) in [6.07, 6.45) is 0. The third-order valence-electron chi connectivity index (χ3n) is 5.01. The van der Waals surface area contributed by atoms with E-state index in [0.29, 0.717) is 35.4 Å². The van der Waals surface area contributed by atoms with Crippen molar-refractivity contribution in [2.24, 2.45) is 0 Å². The number of rotatable bonds is 7. The lowest BCUT2D eigenvalue weighted by Crippen LogP contribution is -2.46. The van der Waals surface area contributed by atoms with Crippen molar-refractivity contribution in [3.05, 3.63) is 70.9 Å². The zero-order valence-electron chi connectivity index (χ0n) is 17.6. The Bertz CT molecular complexity index is 959. The summed E-state index contributed by atoms with van der Waals surface area (Å²) in [7, 11) is 3.41. The van der Waals surface area contributed by atoms with E-state index in [9.17, 15) is 4.79 Å². The number of hydrogen-bond acceptors (Lipinski definition) is 5. The van der Waals surface area contributed by atoms with E-state index >= 15 is 0 Å². The highest BCUT2D eigenvalue weighted by molar-refractivity contribution is 7.80. The van der Waals surface area contributed by atoms with Crippen LogP contribution in [0.4, 0.5) is 0 Å². The first-order valence-corrected chi connectivity index (χ1v) is 10.1. The third-order valence-corrected chi connectivity index (χ3v) is 5.40. The Labute approximate surface area is 182 Å². The van der Waals surface area contributed by atoms with E-state index in [1.807, 2.05) is 62.5 Å². The molecule has 0 aliphatic carbocycles. The smallest absolute Gasteiger partial charge is 0.338 e. The van der Waals surface area contributed by atoms with Gasteiger partial charge in [-0.2, -0.15) is 0 Å². The number of nitrogens with one attached hydrogen (secondary N) is 1. The Hall–Kier alpha value is -3.06. The largest absolute Gasteiger partial charge is 0.493 e. The van der Waals surface area contributed by atoms with Gasteiger partial charge in [-0.25, -0.2) is 4.79 Å².